The van der Waals surface area contributed by atoms with Crippen LogP contribution in [0.4, 0.5) is 17.3 Å². The predicted molar refractivity (Wildman–Crippen MR) is 155 cm³/mol. The lowest BCUT2D eigenvalue weighted by atomic mass is 9.95. The number of benzene rings is 1. The Kier molecular flexibility index (Phi) is 9.83. The van der Waals surface area contributed by atoms with Crippen LogP contribution in [0.15, 0.2) is 35.8 Å². The van der Waals surface area contributed by atoms with E-state index in [9.17, 15) is 4.79 Å². The van der Waals surface area contributed by atoms with Gasteiger partial charge in [0.1, 0.15) is 23.5 Å². The van der Waals surface area contributed by atoms with Crippen LogP contribution in [0.3, 0.4) is 0 Å². The van der Waals surface area contributed by atoms with Gasteiger partial charge in [0, 0.05) is 30.8 Å². The summed E-state index contributed by atoms with van der Waals surface area (Å²) in [7, 11) is 0. The summed E-state index contributed by atoms with van der Waals surface area (Å²) in [5.74, 6) is 2.88. The van der Waals surface area contributed by atoms with Crippen LogP contribution >= 0.6 is 11.3 Å². The molecule has 38 heavy (non-hydrogen) atoms. The molecule has 1 aromatic carbocycles. The van der Waals surface area contributed by atoms with Crippen LogP contribution in [0, 0.1) is 0 Å². The van der Waals surface area contributed by atoms with Gasteiger partial charge in [0.25, 0.3) is 0 Å². The van der Waals surface area contributed by atoms with E-state index in [1.807, 2.05) is 35.8 Å². The fourth-order valence-corrected chi connectivity index (χ4v) is 6.07. The van der Waals surface area contributed by atoms with E-state index >= 15 is 0 Å². The molecule has 0 spiro atoms. The van der Waals surface area contributed by atoms with E-state index < -0.39 is 0 Å². The lowest BCUT2D eigenvalue weighted by Gasteiger charge is -2.23. The van der Waals surface area contributed by atoms with Crippen molar-refractivity contribution in [1.29, 1.82) is 0 Å². The second-order valence-electron chi connectivity index (χ2n) is 10.5. The lowest BCUT2D eigenvalue weighted by molar-refractivity contribution is -0.133. The minimum absolute atomic E-state index is 0.143. The number of ether oxygens (including phenoxy) is 2. The average molecular weight is 537 g/mol. The largest absolute Gasteiger partial charge is 0.494 e. The van der Waals surface area contributed by atoms with Crippen LogP contribution in [0.1, 0.15) is 83.5 Å². The van der Waals surface area contributed by atoms with E-state index in [0.29, 0.717) is 19.1 Å². The normalized spacial score (nSPS) is 18.4. The minimum Gasteiger partial charge on any atom is -0.494 e. The zero-order valence-electron chi connectivity index (χ0n) is 22.3. The lowest BCUT2D eigenvalue weighted by Crippen LogP contribution is -2.27. The van der Waals surface area contributed by atoms with E-state index in [2.05, 4.69) is 15.6 Å². The molecule has 2 aromatic heterocycles. The average Bonchev–Trinajstić information content (AvgIpc) is 3.43. The second kappa shape index (κ2) is 13.9. The highest BCUT2D eigenvalue weighted by molar-refractivity contribution is 7.17. The molecule has 7 nitrogen and oxygen atoms in total. The van der Waals surface area contributed by atoms with Crippen molar-refractivity contribution in [3.63, 3.8) is 0 Å². The van der Waals surface area contributed by atoms with Crippen LogP contribution in [-0.2, 0) is 9.53 Å². The van der Waals surface area contributed by atoms with Gasteiger partial charge in [-0.2, -0.15) is 0 Å². The number of hydrogen-bond donors (Lipinski definition) is 2. The molecule has 1 saturated heterocycles. The number of rotatable bonds is 13. The molecule has 1 atom stereocenters. The molecule has 204 valence electrons. The highest BCUT2D eigenvalue weighted by Gasteiger charge is 2.21. The van der Waals surface area contributed by atoms with Crippen molar-refractivity contribution in [3.8, 4) is 5.75 Å². The summed E-state index contributed by atoms with van der Waals surface area (Å²) in [6.45, 7) is 1.42. The highest BCUT2D eigenvalue weighted by Crippen LogP contribution is 2.31. The van der Waals surface area contributed by atoms with Gasteiger partial charge in [-0.25, -0.2) is 9.97 Å². The van der Waals surface area contributed by atoms with Crippen LogP contribution in [-0.4, -0.2) is 41.1 Å². The van der Waals surface area contributed by atoms with Crippen molar-refractivity contribution in [2.24, 2.45) is 0 Å². The van der Waals surface area contributed by atoms with E-state index in [0.717, 1.165) is 84.8 Å². The zero-order valence-corrected chi connectivity index (χ0v) is 23.1. The SMILES string of the molecule is O=C(CCCCCCOc1ccc(Nc2cc3ncsc3c(NC3CCCCC3)n2)cc1)C1CCCCO1. The second-order valence-corrected chi connectivity index (χ2v) is 11.4. The molecule has 1 saturated carbocycles. The number of carbonyl (C=O) groups is 1. The number of nitrogens with one attached hydrogen (secondary N) is 2. The number of nitrogens with zero attached hydrogens (tertiary/aromatic N) is 2. The third-order valence-corrected chi connectivity index (χ3v) is 8.36. The van der Waals surface area contributed by atoms with E-state index in [1.165, 1.54) is 32.1 Å². The number of thiazole rings is 1. The Morgan fingerprint density at radius 2 is 1.82 bits per heavy atom. The number of pyridine rings is 1. The molecule has 0 radical (unpaired) electrons. The van der Waals surface area contributed by atoms with Crippen molar-refractivity contribution in [2.45, 2.75) is 95.6 Å². The number of unbranched alkanes of at least 4 members (excludes halogenated alkanes) is 3. The summed E-state index contributed by atoms with van der Waals surface area (Å²) in [4.78, 5) is 21.6. The first kappa shape index (κ1) is 26.9. The van der Waals surface area contributed by atoms with Crippen molar-refractivity contribution in [3.05, 3.63) is 35.8 Å². The van der Waals surface area contributed by atoms with Gasteiger partial charge in [-0.05, 0) is 69.2 Å². The maximum Gasteiger partial charge on any atom is 0.161 e. The van der Waals surface area contributed by atoms with E-state index in [1.54, 1.807) is 11.3 Å². The van der Waals surface area contributed by atoms with Gasteiger partial charge in [-0.15, -0.1) is 11.3 Å². The van der Waals surface area contributed by atoms with E-state index in [-0.39, 0.29) is 11.9 Å². The zero-order chi connectivity index (χ0) is 26.0. The molecule has 1 unspecified atom stereocenters. The minimum atomic E-state index is -0.143. The van der Waals surface area contributed by atoms with Gasteiger partial charge in [0.2, 0.25) is 0 Å². The van der Waals surface area contributed by atoms with Gasteiger partial charge >= 0.3 is 0 Å². The quantitative estimate of drug-likeness (QED) is 0.217. The van der Waals surface area contributed by atoms with Gasteiger partial charge in [0.15, 0.2) is 5.78 Å². The predicted octanol–water partition coefficient (Wildman–Crippen LogP) is 7.65. The molecule has 2 fully saturated rings. The number of Topliss-reactive ketones (excluding diaryl/α,β-unsaturated/α-hetero) is 1. The highest BCUT2D eigenvalue weighted by atomic mass is 32.1. The molecule has 8 heteroatoms. The van der Waals surface area contributed by atoms with Gasteiger partial charge < -0.3 is 20.1 Å². The first-order valence-electron chi connectivity index (χ1n) is 14.4. The number of hydrogen-bond acceptors (Lipinski definition) is 8. The number of fused-ring (bicyclic) bond motifs is 1. The Morgan fingerprint density at radius 3 is 2.63 bits per heavy atom. The first-order chi connectivity index (χ1) is 18.7. The molecule has 3 heterocycles. The maximum atomic E-state index is 12.2. The number of ketones is 1. The summed E-state index contributed by atoms with van der Waals surface area (Å²) in [5, 5.41) is 7.12. The van der Waals surface area contributed by atoms with Crippen LogP contribution in [0.5, 0.6) is 5.75 Å². The van der Waals surface area contributed by atoms with Gasteiger partial charge in [-0.1, -0.05) is 32.1 Å². The summed E-state index contributed by atoms with van der Waals surface area (Å²) >= 11 is 1.64. The molecule has 2 aliphatic rings. The molecule has 2 N–H and O–H groups in total. The Morgan fingerprint density at radius 1 is 1.00 bits per heavy atom. The molecule has 1 aliphatic heterocycles. The van der Waals surface area contributed by atoms with Crippen molar-refractivity contribution >= 4 is 44.7 Å². The molecule has 0 bridgehead atoms. The standard InChI is InChI=1S/C30H40N4O3S/c35-26(27-13-7-9-19-37-27)12-6-1-2-8-18-36-24-16-14-23(15-17-24)32-28-20-25-29(38-21-31-25)30(34-28)33-22-10-4-3-5-11-22/h14-17,20-22,27H,1-13,18-19H2,(H2,32,33,34). The van der Waals surface area contributed by atoms with Crippen molar-refractivity contribution in [2.75, 3.05) is 23.8 Å². The third-order valence-electron chi connectivity index (χ3n) is 7.51. The van der Waals surface area contributed by atoms with Crippen LogP contribution in [0.25, 0.3) is 10.2 Å². The summed E-state index contributed by atoms with van der Waals surface area (Å²) in [6.07, 6.45) is 14.0. The summed E-state index contributed by atoms with van der Waals surface area (Å²) < 4.78 is 12.6. The Bertz CT molecular complexity index is 1150. The Labute approximate surface area is 229 Å². The molecular weight excluding hydrogens is 496 g/mol. The molecule has 5 rings (SSSR count). The third kappa shape index (κ3) is 7.67. The Balaban J connectivity index is 1.04. The van der Waals surface area contributed by atoms with Crippen molar-refractivity contribution < 1.29 is 14.3 Å². The topological polar surface area (TPSA) is 85.4 Å². The number of aromatic nitrogens is 2. The molecule has 1 aliphatic carbocycles. The molecular formula is C30H40N4O3S. The summed E-state index contributed by atoms with van der Waals surface area (Å²) in [5.41, 5.74) is 3.83. The van der Waals surface area contributed by atoms with E-state index in [4.69, 9.17) is 14.5 Å². The number of carbonyl (C=O) groups excluding carboxylic acids is 1. The van der Waals surface area contributed by atoms with Gasteiger partial charge in [0.05, 0.1) is 22.3 Å². The molecule has 0 amide bonds. The Hall–Kier alpha value is -2.71. The van der Waals surface area contributed by atoms with Crippen LogP contribution in [0.2, 0.25) is 0 Å². The number of anilines is 3. The monoisotopic (exact) mass is 536 g/mol. The first-order valence-corrected chi connectivity index (χ1v) is 15.3. The molecule has 3 aromatic rings. The van der Waals surface area contributed by atoms with Gasteiger partial charge in [-0.3, -0.25) is 4.79 Å². The fourth-order valence-electron chi connectivity index (χ4n) is 5.35. The fraction of sp³-hybridized carbons (Fsp3) is 0.567. The van der Waals surface area contributed by atoms with Crippen molar-refractivity contribution in [1.82, 2.24) is 9.97 Å². The van der Waals surface area contributed by atoms with Crippen LogP contribution < -0.4 is 15.4 Å². The maximum absolute atomic E-state index is 12.2. The summed E-state index contributed by atoms with van der Waals surface area (Å²) in [6, 6.07) is 10.5. The smallest absolute Gasteiger partial charge is 0.161 e.